The van der Waals surface area contributed by atoms with Gasteiger partial charge in [0.05, 0.1) is 13.2 Å². The van der Waals surface area contributed by atoms with Crippen molar-refractivity contribution in [2.24, 2.45) is 10.8 Å². The molecule has 0 bridgehead atoms. The van der Waals surface area contributed by atoms with Crippen molar-refractivity contribution in [3.63, 3.8) is 0 Å². The lowest BCUT2D eigenvalue weighted by Gasteiger charge is -2.35. The van der Waals surface area contributed by atoms with Crippen LogP contribution in [0.25, 0.3) is 0 Å². The zero-order valence-corrected chi connectivity index (χ0v) is 27.9. The van der Waals surface area contributed by atoms with Gasteiger partial charge in [-0.15, -0.1) is 0 Å². The Kier molecular flexibility index (Phi) is 15.6. The van der Waals surface area contributed by atoms with Crippen LogP contribution in [0.1, 0.15) is 131 Å². The van der Waals surface area contributed by atoms with E-state index in [9.17, 15) is 0 Å². The highest BCUT2D eigenvalue weighted by atomic mass is 16.6. The molecule has 0 spiro atoms. The second kappa shape index (κ2) is 18.6. The largest absolute Gasteiger partial charge is 0.497 e. The van der Waals surface area contributed by atoms with Gasteiger partial charge in [-0.1, -0.05) is 119 Å². The average molecular weight is 586 g/mol. The fourth-order valence-electron chi connectivity index (χ4n) is 5.44. The summed E-state index contributed by atoms with van der Waals surface area (Å²) in [5, 5.41) is 0. The van der Waals surface area contributed by atoms with Crippen molar-refractivity contribution in [3.05, 3.63) is 12.1 Å². The van der Waals surface area contributed by atoms with Crippen molar-refractivity contribution in [3.8, 4) is 11.5 Å². The number of unbranched alkanes of at least 4 members (excludes halogenated alkanes) is 12. The highest BCUT2D eigenvalue weighted by Gasteiger charge is 2.39. The zero-order valence-electron chi connectivity index (χ0n) is 27.9. The van der Waals surface area contributed by atoms with Crippen LogP contribution in [0.15, 0.2) is 12.1 Å². The maximum Gasteiger partial charge on any atom is 0.497 e. The summed E-state index contributed by atoms with van der Waals surface area (Å²) in [5.74, 6) is 1.56. The Balaban J connectivity index is 1.74. The molecule has 8 heteroatoms. The van der Waals surface area contributed by atoms with Crippen LogP contribution in [-0.2, 0) is 18.6 Å². The Bertz CT molecular complexity index is 801. The van der Waals surface area contributed by atoms with Gasteiger partial charge in [0, 0.05) is 48.2 Å². The van der Waals surface area contributed by atoms with Gasteiger partial charge < -0.3 is 28.1 Å². The summed E-state index contributed by atoms with van der Waals surface area (Å²) >= 11 is 0. The van der Waals surface area contributed by atoms with E-state index in [1.54, 1.807) is 0 Å². The van der Waals surface area contributed by atoms with Crippen molar-refractivity contribution < 1.29 is 28.1 Å². The molecule has 0 atom stereocenters. The van der Waals surface area contributed by atoms with Crippen molar-refractivity contribution in [1.82, 2.24) is 0 Å². The number of hydrogen-bond acceptors (Lipinski definition) is 6. The molecular formula is C34H60B2O6. The first-order valence-corrected chi connectivity index (χ1v) is 17.1. The van der Waals surface area contributed by atoms with Gasteiger partial charge in [0.25, 0.3) is 0 Å². The van der Waals surface area contributed by atoms with Gasteiger partial charge in [-0.05, 0) is 25.0 Å². The van der Waals surface area contributed by atoms with Crippen molar-refractivity contribution in [2.45, 2.75) is 131 Å². The second-order valence-electron chi connectivity index (χ2n) is 14.1. The lowest BCUT2D eigenvalue weighted by molar-refractivity contribution is 0.0336. The summed E-state index contributed by atoms with van der Waals surface area (Å²) in [6.07, 6.45) is 17.4. The molecule has 0 aliphatic carbocycles. The van der Waals surface area contributed by atoms with E-state index in [1.165, 1.54) is 77.0 Å². The normalized spacial score (nSPS) is 18.3. The second-order valence-corrected chi connectivity index (χ2v) is 14.1. The number of benzene rings is 1. The molecule has 238 valence electrons. The summed E-state index contributed by atoms with van der Waals surface area (Å²) in [6.45, 7) is 17.0. The van der Waals surface area contributed by atoms with Gasteiger partial charge in [-0.25, -0.2) is 0 Å². The lowest BCUT2D eigenvalue weighted by atomic mass is 9.70. The monoisotopic (exact) mass is 586 g/mol. The summed E-state index contributed by atoms with van der Waals surface area (Å²) in [7, 11) is -0.965. The van der Waals surface area contributed by atoms with Crippen LogP contribution in [0.3, 0.4) is 0 Å². The van der Waals surface area contributed by atoms with Crippen LogP contribution in [0.4, 0.5) is 0 Å². The van der Waals surface area contributed by atoms with Gasteiger partial charge in [0.1, 0.15) is 11.5 Å². The molecule has 2 heterocycles. The fourth-order valence-corrected chi connectivity index (χ4v) is 5.44. The molecule has 2 aliphatic heterocycles. The predicted octanol–water partition coefficient (Wildman–Crippen LogP) is 7.48. The van der Waals surface area contributed by atoms with E-state index in [4.69, 9.17) is 28.1 Å². The summed E-state index contributed by atoms with van der Waals surface area (Å²) in [6, 6.07) is 4.12. The standard InChI is InChI=1S/C34H60B2O6/c1-7-9-11-13-15-17-19-21-37-31-23-30(36-41-27-34(5,6)28-42-36)32(38-22-20-18-16-14-12-10-8-2)24-29(31)35-39-25-33(3,4)26-40-35/h23-24H,7-22,25-28H2,1-6H3. The molecule has 2 saturated heterocycles. The molecular weight excluding hydrogens is 526 g/mol. The Hall–Kier alpha value is -1.21. The maximum absolute atomic E-state index is 6.46. The average Bonchev–Trinajstić information content (AvgIpc) is 2.96. The minimum Gasteiger partial charge on any atom is -0.494 e. The Morgan fingerprint density at radius 2 is 0.833 bits per heavy atom. The number of ether oxygens (including phenoxy) is 2. The highest BCUT2D eigenvalue weighted by molar-refractivity contribution is 6.65. The summed E-state index contributed by atoms with van der Waals surface area (Å²) in [4.78, 5) is 0. The molecule has 0 aromatic heterocycles. The molecule has 1 aromatic carbocycles. The Morgan fingerprint density at radius 3 is 1.17 bits per heavy atom. The third-order valence-corrected chi connectivity index (χ3v) is 8.16. The SMILES string of the molecule is CCCCCCCCCOc1cc(B2OCC(C)(C)CO2)c(OCCCCCCCCC)cc1B1OCC(C)(C)CO1. The zero-order chi connectivity index (χ0) is 30.3. The molecule has 0 unspecified atom stereocenters. The minimum absolute atomic E-state index is 0.0116. The molecule has 0 saturated carbocycles. The van der Waals surface area contributed by atoms with E-state index in [0.717, 1.165) is 35.3 Å². The molecule has 2 fully saturated rings. The Labute approximate surface area is 258 Å². The van der Waals surface area contributed by atoms with E-state index in [0.29, 0.717) is 39.6 Å². The number of hydrogen-bond donors (Lipinski definition) is 0. The lowest BCUT2D eigenvalue weighted by Crippen LogP contribution is -2.50. The quantitative estimate of drug-likeness (QED) is 0.117. The van der Waals surface area contributed by atoms with Crippen molar-refractivity contribution in [2.75, 3.05) is 39.6 Å². The first-order valence-electron chi connectivity index (χ1n) is 17.1. The first-order chi connectivity index (χ1) is 20.2. The van der Waals surface area contributed by atoms with E-state index in [1.807, 2.05) is 0 Å². The van der Waals surface area contributed by atoms with Crippen molar-refractivity contribution >= 4 is 25.2 Å². The molecule has 0 N–H and O–H groups in total. The third-order valence-electron chi connectivity index (χ3n) is 8.16. The van der Waals surface area contributed by atoms with E-state index >= 15 is 0 Å². The smallest absolute Gasteiger partial charge is 0.494 e. The van der Waals surface area contributed by atoms with Crippen LogP contribution in [-0.4, -0.2) is 53.9 Å². The molecule has 42 heavy (non-hydrogen) atoms. The molecule has 0 amide bonds. The van der Waals surface area contributed by atoms with Crippen LogP contribution in [0.5, 0.6) is 11.5 Å². The minimum atomic E-state index is -0.482. The van der Waals surface area contributed by atoms with Gasteiger partial charge in [0.15, 0.2) is 0 Å². The third kappa shape index (κ3) is 12.4. The van der Waals surface area contributed by atoms with Crippen LogP contribution in [0.2, 0.25) is 0 Å². The van der Waals surface area contributed by atoms with E-state index in [2.05, 4.69) is 53.7 Å². The molecule has 2 aliphatic rings. The summed E-state index contributed by atoms with van der Waals surface area (Å²) in [5.41, 5.74) is 1.76. The molecule has 3 rings (SSSR count). The predicted molar refractivity (Wildman–Crippen MR) is 176 cm³/mol. The maximum atomic E-state index is 6.46. The highest BCUT2D eigenvalue weighted by Crippen LogP contribution is 2.27. The van der Waals surface area contributed by atoms with E-state index in [-0.39, 0.29) is 10.8 Å². The first kappa shape index (κ1) is 35.3. The van der Waals surface area contributed by atoms with Crippen molar-refractivity contribution in [1.29, 1.82) is 0 Å². The summed E-state index contributed by atoms with van der Waals surface area (Å²) < 4.78 is 37.9. The van der Waals surface area contributed by atoms with Crippen LogP contribution < -0.4 is 20.4 Å². The fraction of sp³-hybridized carbons (Fsp3) is 0.824. The molecule has 1 aromatic rings. The molecule has 0 radical (unpaired) electrons. The molecule has 6 nitrogen and oxygen atoms in total. The topological polar surface area (TPSA) is 55.4 Å². The van der Waals surface area contributed by atoms with Gasteiger partial charge in [-0.3, -0.25) is 0 Å². The van der Waals surface area contributed by atoms with Gasteiger partial charge in [-0.2, -0.15) is 0 Å². The van der Waals surface area contributed by atoms with E-state index < -0.39 is 14.2 Å². The van der Waals surface area contributed by atoms with Crippen LogP contribution in [0, 0.1) is 10.8 Å². The van der Waals surface area contributed by atoms with Crippen LogP contribution >= 0.6 is 0 Å². The Morgan fingerprint density at radius 1 is 0.524 bits per heavy atom. The van der Waals surface area contributed by atoms with Gasteiger partial charge in [0.2, 0.25) is 0 Å². The number of rotatable bonds is 20. The van der Waals surface area contributed by atoms with Gasteiger partial charge >= 0.3 is 14.2 Å².